The Morgan fingerprint density at radius 1 is 1.11 bits per heavy atom. The lowest BCUT2D eigenvalue weighted by atomic mass is 10.0. The van der Waals surface area contributed by atoms with Gasteiger partial charge < -0.3 is 16.4 Å². The van der Waals surface area contributed by atoms with E-state index in [-0.39, 0.29) is 0 Å². The van der Waals surface area contributed by atoms with E-state index in [9.17, 15) is 0 Å². The molecular weight excluding hydrogens is 226 g/mol. The van der Waals surface area contributed by atoms with Crippen molar-refractivity contribution in [3.63, 3.8) is 0 Å². The molecule has 0 fully saturated rings. The normalized spacial score (nSPS) is 10.7. The molecule has 0 aliphatic rings. The summed E-state index contributed by atoms with van der Waals surface area (Å²) >= 11 is 0. The van der Waals surface area contributed by atoms with Crippen LogP contribution >= 0.6 is 0 Å². The third kappa shape index (κ3) is 4.77. The van der Waals surface area contributed by atoms with Crippen molar-refractivity contribution >= 4 is 17.6 Å². The van der Waals surface area contributed by atoms with Crippen LogP contribution in [0.5, 0.6) is 0 Å². The first-order valence-electron chi connectivity index (χ1n) is 6.81. The first-order chi connectivity index (χ1) is 8.69. The molecule has 0 amide bonds. The molecule has 0 spiro atoms. The predicted octanol–water partition coefficient (Wildman–Crippen LogP) is 2.73. The Balaban J connectivity index is 2.61. The average molecular weight is 251 g/mol. The average Bonchev–Trinajstić information content (AvgIpc) is 2.37. The molecule has 5 heteroatoms. The number of rotatable bonds is 8. The highest BCUT2D eigenvalue weighted by Crippen LogP contribution is 2.14. The number of hydrogen-bond donors (Lipinski definition) is 3. The summed E-state index contributed by atoms with van der Waals surface area (Å²) in [4.78, 5) is 8.35. The van der Waals surface area contributed by atoms with Crippen molar-refractivity contribution in [3.8, 4) is 0 Å². The lowest BCUT2D eigenvalue weighted by molar-refractivity contribution is 0.518. The van der Waals surface area contributed by atoms with E-state index in [1.165, 1.54) is 12.8 Å². The molecule has 0 unspecified atom stereocenters. The molecule has 1 rings (SSSR count). The fraction of sp³-hybridized carbons (Fsp3) is 0.692. The van der Waals surface area contributed by atoms with Gasteiger partial charge in [-0.25, -0.2) is 0 Å². The SMILES string of the molecule is CCCNc1cc(NCC(CC)CC)nc(N)n1. The van der Waals surface area contributed by atoms with Crippen LogP contribution in [0.2, 0.25) is 0 Å². The van der Waals surface area contributed by atoms with E-state index in [1.54, 1.807) is 0 Å². The number of hydrogen-bond acceptors (Lipinski definition) is 5. The molecule has 0 saturated heterocycles. The molecule has 0 saturated carbocycles. The Hall–Kier alpha value is -1.52. The molecule has 1 heterocycles. The smallest absolute Gasteiger partial charge is 0.223 e. The van der Waals surface area contributed by atoms with Gasteiger partial charge in [-0.15, -0.1) is 0 Å². The lowest BCUT2D eigenvalue weighted by Crippen LogP contribution is -2.15. The van der Waals surface area contributed by atoms with Crippen molar-refractivity contribution in [2.45, 2.75) is 40.0 Å². The fourth-order valence-electron chi connectivity index (χ4n) is 1.73. The quantitative estimate of drug-likeness (QED) is 0.662. The van der Waals surface area contributed by atoms with Crippen molar-refractivity contribution in [1.82, 2.24) is 9.97 Å². The van der Waals surface area contributed by atoms with Crippen molar-refractivity contribution in [2.24, 2.45) is 5.92 Å². The summed E-state index contributed by atoms with van der Waals surface area (Å²) in [7, 11) is 0. The van der Waals surface area contributed by atoms with Gasteiger partial charge in [-0.2, -0.15) is 9.97 Å². The summed E-state index contributed by atoms with van der Waals surface area (Å²) in [6.45, 7) is 8.35. The minimum atomic E-state index is 0.308. The van der Waals surface area contributed by atoms with E-state index < -0.39 is 0 Å². The fourth-order valence-corrected chi connectivity index (χ4v) is 1.73. The highest BCUT2D eigenvalue weighted by atomic mass is 15.1. The molecule has 1 aromatic rings. The summed E-state index contributed by atoms with van der Waals surface area (Å²) in [6, 6.07) is 1.91. The summed E-state index contributed by atoms with van der Waals surface area (Å²) in [5, 5.41) is 6.55. The molecule has 0 aliphatic carbocycles. The van der Waals surface area contributed by atoms with E-state index in [1.807, 2.05) is 6.07 Å². The van der Waals surface area contributed by atoms with Crippen molar-refractivity contribution in [3.05, 3.63) is 6.07 Å². The molecule has 5 nitrogen and oxygen atoms in total. The monoisotopic (exact) mass is 251 g/mol. The molecule has 4 N–H and O–H groups in total. The second-order valence-electron chi connectivity index (χ2n) is 4.49. The molecule has 0 aromatic carbocycles. The zero-order chi connectivity index (χ0) is 13.4. The Bertz CT molecular complexity index is 349. The van der Waals surface area contributed by atoms with Crippen LogP contribution in [0.3, 0.4) is 0 Å². The van der Waals surface area contributed by atoms with E-state index in [0.29, 0.717) is 11.9 Å². The Morgan fingerprint density at radius 3 is 2.28 bits per heavy atom. The van der Waals surface area contributed by atoms with Crippen LogP contribution in [0.15, 0.2) is 6.07 Å². The number of nitrogen functional groups attached to an aromatic ring is 1. The van der Waals surface area contributed by atoms with Gasteiger partial charge in [0.2, 0.25) is 5.95 Å². The summed E-state index contributed by atoms with van der Waals surface area (Å²) in [5.74, 6) is 2.57. The number of nitrogens with one attached hydrogen (secondary N) is 2. The topological polar surface area (TPSA) is 75.9 Å². The van der Waals surface area contributed by atoms with Gasteiger partial charge in [0.1, 0.15) is 11.6 Å². The summed E-state index contributed by atoms with van der Waals surface area (Å²) in [5.41, 5.74) is 5.70. The van der Waals surface area contributed by atoms with Gasteiger partial charge in [-0.3, -0.25) is 0 Å². The third-order valence-corrected chi connectivity index (χ3v) is 3.03. The first-order valence-corrected chi connectivity index (χ1v) is 6.81. The van der Waals surface area contributed by atoms with Gasteiger partial charge in [0.15, 0.2) is 0 Å². The zero-order valence-electron chi connectivity index (χ0n) is 11.7. The largest absolute Gasteiger partial charge is 0.370 e. The highest BCUT2D eigenvalue weighted by molar-refractivity contribution is 5.50. The van der Waals surface area contributed by atoms with Crippen LogP contribution < -0.4 is 16.4 Å². The number of anilines is 3. The number of nitrogens with zero attached hydrogens (tertiary/aromatic N) is 2. The molecule has 0 radical (unpaired) electrons. The van der Waals surface area contributed by atoms with E-state index in [2.05, 4.69) is 41.4 Å². The molecule has 102 valence electrons. The van der Waals surface area contributed by atoms with Crippen molar-refractivity contribution in [2.75, 3.05) is 29.5 Å². The van der Waals surface area contributed by atoms with Crippen molar-refractivity contribution in [1.29, 1.82) is 0 Å². The predicted molar refractivity (Wildman–Crippen MR) is 77.8 cm³/mol. The molecular formula is C13H25N5. The van der Waals surface area contributed by atoms with E-state index in [0.717, 1.165) is 31.1 Å². The van der Waals surface area contributed by atoms with E-state index >= 15 is 0 Å². The number of aromatic nitrogens is 2. The second-order valence-corrected chi connectivity index (χ2v) is 4.49. The van der Waals surface area contributed by atoms with Crippen LogP contribution in [-0.2, 0) is 0 Å². The lowest BCUT2D eigenvalue weighted by Gasteiger charge is -2.14. The highest BCUT2D eigenvalue weighted by Gasteiger charge is 2.05. The van der Waals surface area contributed by atoms with Gasteiger partial charge >= 0.3 is 0 Å². The van der Waals surface area contributed by atoms with Crippen molar-refractivity contribution < 1.29 is 0 Å². The van der Waals surface area contributed by atoms with Gasteiger partial charge in [0.25, 0.3) is 0 Å². The van der Waals surface area contributed by atoms with Crippen LogP contribution in [0.1, 0.15) is 40.0 Å². The number of nitrogens with two attached hydrogens (primary N) is 1. The van der Waals surface area contributed by atoms with Gasteiger partial charge in [-0.1, -0.05) is 33.6 Å². The Morgan fingerprint density at radius 2 is 1.72 bits per heavy atom. The third-order valence-electron chi connectivity index (χ3n) is 3.03. The molecule has 1 aromatic heterocycles. The molecule has 0 atom stereocenters. The first kappa shape index (κ1) is 14.5. The Kier molecular flexibility index (Phi) is 6.25. The standard InChI is InChI=1S/C13H25N5/c1-4-7-15-11-8-12(18-13(14)17-11)16-9-10(5-2)6-3/h8,10H,4-7,9H2,1-3H3,(H4,14,15,16,17,18). The van der Waals surface area contributed by atoms with Crippen LogP contribution in [0.4, 0.5) is 17.6 Å². The van der Waals surface area contributed by atoms with Gasteiger partial charge in [0.05, 0.1) is 0 Å². The van der Waals surface area contributed by atoms with Gasteiger partial charge in [-0.05, 0) is 12.3 Å². The van der Waals surface area contributed by atoms with Crippen LogP contribution in [0, 0.1) is 5.92 Å². The van der Waals surface area contributed by atoms with Gasteiger partial charge in [0, 0.05) is 19.2 Å². The van der Waals surface area contributed by atoms with E-state index in [4.69, 9.17) is 5.73 Å². The molecule has 0 aliphatic heterocycles. The minimum Gasteiger partial charge on any atom is -0.370 e. The second kappa shape index (κ2) is 7.74. The van der Waals surface area contributed by atoms with Crippen LogP contribution in [0.25, 0.3) is 0 Å². The van der Waals surface area contributed by atoms with Crippen LogP contribution in [-0.4, -0.2) is 23.1 Å². The maximum absolute atomic E-state index is 5.70. The summed E-state index contributed by atoms with van der Waals surface area (Å²) in [6.07, 6.45) is 3.40. The maximum Gasteiger partial charge on any atom is 0.223 e. The Labute approximate surface area is 110 Å². The molecule has 0 bridgehead atoms. The molecule has 18 heavy (non-hydrogen) atoms. The minimum absolute atomic E-state index is 0.308. The summed E-state index contributed by atoms with van der Waals surface area (Å²) < 4.78 is 0. The maximum atomic E-state index is 5.70. The zero-order valence-corrected chi connectivity index (χ0v) is 11.7.